The molecule has 142 valence electrons. The van der Waals surface area contributed by atoms with Gasteiger partial charge in [0.25, 0.3) is 11.8 Å². The number of anilines is 1. The highest BCUT2D eigenvalue weighted by atomic mass is 32.1. The van der Waals surface area contributed by atoms with Crippen LogP contribution in [0.15, 0.2) is 59.5 Å². The van der Waals surface area contributed by atoms with Gasteiger partial charge >= 0.3 is 0 Å². The first kappa shape index (κ1) is 18.0. The second-order valence-corrected chi connectivity index (χ2v) is 7.31. The monoisotopic (exact) mass is 394 g/mol. The van der Waals surface area contributed by atoms with Crippen molar-refractivity contribution < 1.29 is 14.0 Å². The number of imidazole rings is 1. The first-order chi connectivity index (χ1) is 13.6. The average molecular weight is 394 g/mol. The SMILES string of the molecule is Cc1cc(NC(=O)c2ccco2)sc1C(=O)NCCc1cn2ccccc2n1. The molecule has 0 aliphatic heterocycles. The topological polar surface area (TPSA) is 88.6 Å². The normalized spacial score (nSPS) is 10.9. The summed E-state index contributed by atoms with van der Waals surface area (Å²) in [7, 11) is 0. The predicted molar refractivity (Wildman–Crippen MR) is 107 cm³/mol. The molecule has 0 saturated carbocycles. The fourth-order valence-corrected chi connectivity index (χ4v) is 3.83. The second kappa shape index (κ2) is 7.69. The molecule has 2 amide bonds. The number of hydrogen-bond acceptors (Lipinski definition) is 5. The minimum absolute atomic E-state index is 0.162. The summed E-state index contributed by atoms with van der Waals surface area (Å²) in [5, 5.41) is 6.27. The number of aromatic nitrogens is 2. The summed E-state index contributed by atoms with van der Waals surface area (Å²) in [4.78, 5) is 29.7. The van der Waals surface area contributed by atoms with Gasteiger partial charge in [0, 0.05) is 25.4 Å². The van der Waals surface area contributed by atoms with Crippen LogP contribution in [0.1, 0.15) is 31.5 Å². The zero-order valence-corrected chi connectivity index (χ0v) is 16.0. The first-order valence-corrected chi connectivity index (χ1v) is 9.58. The molecule has 4 heterocycles. The number of hydrogen-bond donors (Lipinski definition) is 2. The molecule has 0 aliphatic rings. The van der Waals surface area contributed by atoms with E-state index in [9.17, 15) is 9.59 Å². The summed E-state index contributed by atoms with van der Waals surface area (Å²) >= 11 is 1.24. The molecule has 28 heavy (non-hydrogen) atoms. The van der Waals surface area contributed by atoms with Crippen LogP contribution in [0.3, 0.4) is 0 Å². The van der Waals surface area contributed by atoms with Crippen LogP contribution >= 0.6 is 11.3 Å². The van der Waals surface area contributed by atoms with E-state index in [0.29, 0.717) is 22.8 Å². The number of fused-ring (bicyclic) bond motifs is 1. The van der Waals surface area contributed by atoms with Crippen molar-refractivity contribution >= 4 is 33.8 Å². The third kappa shape index (κ3) is 3.81. The molecule has 0 aromatic carbocycles. The third-order valence-electron chi connectivity index (χ3n) is 4.19. The molecule has 0 spiro atoms. The summed E-state index contributed by atoms with van der Waals surface area (Å²) in [6.07, 6.45) is 5.98. The highest BCUT2D eigenvalue weighted by molar-refractivity contribution is 7.18. The second-order valence-electron chi connectivity index (χ2n) is 6.26. The lowest BCUT2D eigenvalue weighted by molar-refractivity contribution is 0.0956. The van der Waals surface area contributed by atoms with Crippen molar-refractivity contribution in [2.45, 2.75) is 13.3 Å². The van der Waals surface area contributed by atoms with Crippen molar-refractivity contribution in [3.8, 4) is 0 Å². The summed E-state index contributed by atoms with van der Waals surface area (Å²) in [6.45, 7) is 2.32. The first-order valence-electron chi connectivity index (χ1n) is 8.76. The lowest BCUT2D eigenvalue weighted by atomic mass is 10.2. The van der Waals surface area contributed by atoms with E-state index in [-0.39, 0.29) is 17.6 Å². The van der Waals surface area contributed by atoms with E-state index in [2.05, 4.69) is 15.6 Å². The number of carbonyl (C=O) groups excluding carboxylic acids is 2. The van der Waals surface area contributed by atoms with Gasteiger partial charge in [-0.2, -0.15) is 0 Å². The van der Waals surface area contributed by atoms with Crippen LogP contribution in [-0.2, 0) is 6.42 Å². The largest absolute Gasteiger partial charge is 0.459 e. The van der Waals surface area contributed by atoms with Gasteiger partial charge in [-0.25, -0.2) is 4.98 Å². The van der Waals surface area contributed by atoms with E-state index in [1.807, 2.05) is 41.9 Å². The van der Waals surface area contributed by atoms with Crippen LogP contribution in [0.2, 0.25) is 0 Å². The number of aryl methyl sites for hydroxylation is 1. The molecule has 4 aromatic heterocycles. The molecule has 4 rings (SSSR count). The quantitative estimate of drug-likeness (QED) is 0.524. The van der Waals surface area contributed by atoms with Gasteiger partial charge in [0.05, 0.1) is 21.8 Å². The number of pyridine rings is 1. The Kier molecular flexibility index (Phi) is 4.94. The van der Waals surface area contributed by atoms with Crippen molar-refractivity contribution in [1.82, 2.24) is 14.7 Å². The number of thiophene rings is 1. The minimum Gasteiger partial charge on any atom is -0.459 e. The Bertz CT molecular complexity index is 1090. The molecule has 4 aromatic rings. The van der Waals surface area contributed by atoms with Crippen LogP contribution in [0.4, 0.5) is 5.00 Å². The highest BCUT2D eigenvalue weighted by Gasteiger charge is 2.16. The number of furan rings is 1. The Morgan fingerprint density at radius 2 is 2.11 bits per heavy atom. The van der Waals surface area contributed by atoms with Gasteiger partial charge in [-0.05, 0) is 42.8 Å². The fourth-order valence-electron chi connectivity index (χ4n) is 2.84. The average Bonchev–Trinajstić information content (AvgIpc) is 3.40. The molecule has 0 atom stereocenters. The van der Waals surface area contributed by atoms with Crippen molar-refractivity contribution in [1.29, 1.82) is 0 Å². The maximum atomic E-state index is 12.5. The predicted octanol–water partition coefficient (Wildman–Crippen LogP) is 3.52. The third-order valence-corrected chi connectivity index (χ3v) is 5.34. The van der Waals surface area contributed by atoms with Crippen molar-refractivity contribution in [2.24, 2.45) is 0 Å². The van der Waals surface area contributed by atoms with E-state index >= 15 is 0 Å². The Labute approximate surface area is 165 Å². The summed E-state index contributed by atoms with van der Waals surface area (Å²) in [5.74, 6) is -0.278. The summed E-state index contributed by atoms with van der Waals surface area (Å²) in [5.41, 5.74) is 2.61. The van der Waals surface area contributed by atoms with Crippen LogP contribution in [0.25, 0.3) is 5.65 Å². The Balaban J connectivity index is 1.35. The van der Waals surface area contributed by atoms with E-state index in [0.717, 1.165) is 16.9 Å². The lowest BCUT2D eigenvalue weighted by Gasteiger charge is -2.03. The molecule has 0 bridgehead atoms. The standard InChI is InChI=1S/C20H18N4O3S/c1-13-11-17(23-19(25)15-5-4-10-27-15)28-18(13)20(26)21-8-7-14-12-24-9-3-2-6-16(24)22-14/h2-6,9-12H,7-8H2,1H3,(H,21,26)(H,23,25). The van der Waals surface area contributed by atoms with Crippen molar-refractivity contribution in [3.05, 3.63) is 76.9 Å². The van der Waals surface area contributed by atoms with Crippen molar-refractivity contribution in [3.63, 3.8) is 0 Å². The van der Waals surface area contributed by atoms with E-state index in [1.165, 1.54) is 17.6 Å². The van der Waals surface area contributed by atoms with Crippen LogP contribution in [0, 0.1) is 6.92 Å². The van der Waals surface area contributed by atoms with Crippen LogP contribution in [0.5, 0.6) is 0 Å². The summed E-state index contributed by atoms with van der Waals surface area (Å²) < 4.78 is 7.03. The number of amides is 2. The molecule has 0 unspecified atom stereocenters. The summed E-state index contributed by atoms with van der Waals surface area (Å²) in [6, 6.07) is 10.8. The van der Waals surface area contributed by atoms with Gasteiger partial charge in [0.15, 0.2) is 5.76 Å². The van der Waals surface area contributed by atoms with E-state index in [1.54, 1.807) is 18.2 Å². The van der Waals surface area contributed by atoms with Gasteiger partial charge in [-0.1, -0.05) is 6.07 Å². The smallest absolute Gasteiger partial charge is 0.291 e. The van der Waals surface area contributed by atoms with Crippen LogP contribution < -0.4 is 10.6 Å². The Morgan fingerprint density at radius 3 is 2.89 bits per heavy atom. The molecule has 8 heteroatoms. The van der Waals surface area contributed by atoms with Crippen molar-refractivity contribution in [2.75, 3.05) is 11.9 Å². The zero-order chi connectivity index (χ0) is 19.5. The minimum atomic E-state index is -0.343. The molecule has 0 fully saturated rings. The molecule has 0 saturated heterocycles. The van der Waals surface area contributed by atoms with Gasteiger partial charge in [-0.3, -0.25) is 9.59 Å². The van der Waals surface area contributed by atoms with Gasteiger partial charge < -0.3 is 19.5 Å². The zero-order valence-electron chi connectivity index (χ0n) is 15.1. The number of carbonyl (C=O) groups is 2. The maximum absolute atomic E-state index is 12.5. The van der Waals surface area contributed by atoms with Gasteiger partial charge in [0.1, 0.15) is 5.65 Å². The van der Waals surface area contributed by atoms with Gasteiger partial charge in [-0.15, -0.1) is 11.3 Å². The molecule has 2 N–H and O–H groups in total. The number of rotatable bonds is 6. The lowest BCUT2D eigenvalue weighted by Crippen LogP contribution is -2.25. The van der Waals surface area contributed by atoms with E-state index < -0.39 is 0 Å². The maximum Gasteiger partial charge on any atom is 0.291 e. The Hall–Kier alpha value is -3.39. The highest BCUT2D eigenvalue weighted by Crippen LogP contribution is 2.27. The van der Waals surface area contributed by atoms with Gasteiger partial charge in [0.2, 0.25) is 0 Å². The number of nitrogens with one attached hydrogen (secondary N) is 2. The van der Waals surface area contributed by atoms with Crippen LogP contribution in [-0.4, -0.2) is 27.7 Å². The van der Waals surface area contributed by atoms with E-state index in [4.69, 9.17) is 4.42 Å². The fraction of sp³-hybridized carbons (Fsp3) is 0.150. The molecule has 7 nitrogen and oxygen atoms in total. The molecule has 0 radical (unpaired) electrons. The molecular weight excluding hydrogens is 376 g/mol. The number of nitrogens with zero attached hydrogens (tertiary/aromatic N) is 2. The molecule has 0 aliphatic carbocycles. The molecular formula is C20H18N4O3S. The Morgan fingerprint density at radius 1 is 1.21 bits per heavy atom.